The second-order valence-corrected chi connectivity index (χ2v) is 9.46. The molecule has 0 aliphatic heterocycles. The molecule has 0 aliphatic carbocycles. The third-order valence-corrected chi connectivity index (χ3v) is 7.60. The largest absolute Gasteiger partial charge is 0.481 e. The molecular weight excluding hydrogens is 422 g/mol. The number of carbonyl (C=O) groups is 1. The molecule has 0 fully saturated rings. The van der Waals surface area contributed by atoms with Crippen LogP contribution in [0.3, 0.4) is 0 Å². The maximum absolute atomic E-state index is 12.8. The number of rotatable bonds is 7. The molecule has 7 heteroatoms. The van der Waals surface area contributed by atoms with Crippen LogP contribution in [0.4, 0.5) is 0 Å². The van der Waals surface area contributed by atoms with Crippen molar-refractivity contribution in [3.05, 3.63) is 64.7 Å². The van der Waals surface area contributed by atoms with Gasteiger partial charge in [-0.2, -0.15) is 4.31 Å². The third kappa shape index (κ3) is 4.21. The fraction of sp³-hybridized carbons (Fsp3) is 0.261. The highest BCUT2D eigenvalue weighted by Gasteiger charge is 2.22. The number of benzene rings is 3. The Bertz CT molecular complexity index is 1200. The lowest BCUT2D eigenvalue weighted by Gasteiger charge is -2.19. The maximum Gasteiger partial charge on any atom is 0.307 e. The van der Waals surface area contributed by atoms with Crippen LogP contribution in [0.25, 0.3) is 21.9 Å². The highest BCUT2D eigenvalue weighted by molar-refractivity contribution is 7.89. The summed E-state index contributed by atoms with van der Waals surface area (Å²) in [6.07, 6.45) is -0.0914. The fourth-order valence-corrected chi connectivity index (χ4v) is 5.38. The lowest BCUT2D eigenvalue weighted by Crippen LogP contribution is -2.30. The minimum Gasteiger partial charge on any atom is -0.481 e. The van der Waals surface area contributed by atoms with Crippen molar-refractivity contribution >= 4 is 38.4 Å². The van der Waals surface area contributed by atoms with Crippen LogP contribution in [0.5, 0.6) is 0 Å². The predicted molar refractivity (Wildman–Crippen MR) is 121 cm³/mol. The molecular formula is C23H24ClNO4S. The van der Waals surface area contributed by atoms with Gasteiger partial charge in [0, 0.05) is 18.1 Å². The van der Waals surface area contributed by atoms with Gasteiger partial charge in [-0.15, -0.1) is 0 Å². The third-order valence-electron chi connectivity index (χ3n) is 5.30. The molecule has 3 aromatic rings. The van der Waals surface area contributed by atoms with Crippen LogP contribution in [0.15, 0.2) is 53.4 Å². The first kappa shape index (κ1) is 22.3. The van der Waals surface area contributed by atoms with Crippen molar-refractivity contribution < 1.29 is 18.3 Å². The molecule has 0 amide bonds. The Morgan fingerprint density at radius 1 is 1.03 bits per heavy atom. The molecule has 0 saturated heterocycles. The van der Waals surface area contributed by atoms with Crippen LogP contribution in [0, 0.1) is 6.92 Å². The molecule has 0 radical (unpaired) electrons. The molecule has 0 aliphatic rings. The molecule has 5 nitrogen and oxygen atoms in total. The average Bonchev–Trinajstić information content (AvgIpc) is 2.69. The molecule has 0 bridgehead atoms. The molecule has 30 heavy (non-hydrogen) atoms. The van der Waals surface area contributed by atoms with E-state index in [0.717, 1.165) is 27.5 Å². The van der Waals surface area contributed by atoms with Gasteiger partial charge in [-0.05, 0) is 64.2 Å². The van der Waals surface area contributed by atoms with Gasteiger partial charge in [-0.1, -0.05) is 49.7 Å². The van der Waals surface area contributed by atoms with Crippen molar-refractivity contribution in [1.82, 2.24) is 4.31 Å². The molecule has 0 atom stereocenters. The summed E-state index contributed by atoms with van der Waals surface area (Å²) in [5.74, 6) is -0.905. The summed E-state index contributed by atoms with van der Waals surface area (Å²) in [6, 6.07) is 14.1. The lowest BCUT2D eigenvalue weighted by atomic mass is 9.89. The van der Waals surface area contributed by atoms with E-state index < -0.39 is 16.0 Å². The number of aliphatic carboxylic acids is 1. The van der Waals surface area contributed by atoms with Crippen LogP contribution in [-0.4, -0.2) is 36.9 Å². The van der Waals surface area contributed by atoms with E-state index in [9.17, 15) is 18.3 Å². The van der Waals surface area contributed by atoms with E-state index in [-0.39, 0.29) is 11.3 Å². The minimum atomic E-state index is -3.55. The van der Waals surface area contributed by atoms with Gasteiger partial charge < -0.3 is 5.11 Å². The van der Waals surface area contributed by atoms with E-state index in [2.05, 4.69) is 0 Å². The molecule has 0 spiro atoms. The molecule has 0 saturated carbocycles. The number of hydrogen-bond acceptors (Lipinski definition) is 3. The highest BCUT2D eigenvalue weighted by Crippen LogP contribution is 2.36. The van der Waals surface area contributed by atoms with E-state index in [4.69, 9.17) is 11.6 Å². The zero-order valence-electron chi connectivity index (χ0n) is 17.1. The molecule has 0 heterocycles. The summed E-state index contributed by atoms with van der Waals surface area (Å²) in [6.45, 7) is 6.31. The zero-order chi connectivity index (χ0) is 22.1. The number of nitrogens with zero attached hydrogens (tertiary/aromatic N) is 1. The number of carboxylic acid groups (broad SMARTS) is 1. The van der Waals surface area contributed by atoms with Crippen LogP contribution in [0.1, 0.15) is 25.0 Å². The second kappa shape index (κ2) is 8.76. The van der Waals surface area contributed by atoms with Gasteiger partial charge in [0.1, 0.15) is 0 Å². The van der Waals surface area contributed by atoms with Crippen LogP contribution in [-0.2, 0) is 21.2 Å². The van der Waals surface area contributed by atoms with E-state index in [1.807, 2.05) is 39.0 Å². The topological polar surface area (TPSA) is 74.7 Å². The molecule has 3 aromatic carbocycles. The standard InChI is InChI=1S/C23H24ClNO4S/c1-4-25(5-2)30(28,29)20-10-7-16(8-11-20)23-15(3)18(13-22(26)27)12-17-6-9-19(24)14-21(17)23/h6-12,14H,4-5,13H2,1-3H3,(H,26,27). The summed E-state index contributed by atoms with van der Waals surface area (Å²) in [4.78, 5) is 11.6. The van der Waals surface area contributed by atoms with Crippen molar-refractivity contribution in [2.24, 2.45) is 0 Å². The zero-order valence-corrected chi connectivity index (χ0v) is 18.7. The van der Waals surface area contributed by atoms with Crippen molar-refractivity contribution in [2.75, 3.05) is 13.1 Å². The van der Waals surface area contributed by atoms with E-state index in [0.29, 0.717) is 23.7 Å². The first-order valence-corrected chi connectivity index (χ1v) is 11.5. The molecule has 3 rings (SSSR count). The molecule has 1 N–H and O–H groups in total. The van der Waals surface area contributed by atoms with Gasteiger partial charge in [0.2, 0.25) is 10.0 Å². The van der Waals surface area contributed by atoms with E-state index in [1.54, 1.807) is 30.3 Å². The normalized spacial score (nSPS) is 11.9. The summed E-state index contributed by atoms with van der Waals surface area (Å²) in [5, 5.41) is 11.7. The number of halogens is 1. The summed E-state index contributed by atoms with van der Waals surface area (Å²) >= 11 is 6.23. The van der Waals surface area contributed by atoms with Gasteiger partial charge >= 0.3 is 5.97 Å². The quantitative estimate of drug-likeness (QED) is 0.547. The Hall–Kier alpha value is -2.41. The van der Waals surface area contributed by atoms with Gasteiger partial charge in [0.15, 0.2) is 0 Å². The summed E-state index contributed by atoms with van der Waals surface area (Å²) in [7, 11) is -3.55. The smallest absolute Gasteiger partial charge is 0.307 e. The Morgan fingerprint density at radius 3 is 2.23 bits per heavy atom. The minimum absolute atomic E-state index is 0.0914. The number of hydrogen-bond donors (Lipinski definition) is 1. The SMILES string of the molecule is CCN(CC)S(=O)(=O)c1ccc(-c2c(C)c(CC(=O)O)cc3ccc(Cl)cc23)cc1. The Kier molecular flexibility index (Phi) is 6.50. The fourth-order valence-electron chi connectivity index (χ4n) is 3.75. The number of carboxylic acids is 1. The average molecular weight is 446 g/mol. The Labute approximate surface area is 182 Å². The number of fused-ring (bicyclic) bond motifs is 1. The first-order valence-electron chi connectivity index (χ1n) is 9.73. The molecule has 0 unspecified atom stereocenters. The molecule has 158 valence electrons. The molecule has 0 aromatic heterocycles. The van der Waals surface area contributed by atoms with Crippen LogP contribution < -0.4 is 0 Å². The van der Waals surface area contributed by atoms with Crippen molar-refractivity contribution in [3.8, 4) is 11.1 Å². The van der Waals surface area contributed by atoms with Crippen LogP contribution in [0.2, 0.25) is 5.02 Å². The van der Waals surface area contributed by atoms with Crippen LogP contribution >= 0.6 is 11.6 Å². The summed E-state index contributed by atoms with van der Waals surface area (Å²) < 4.78 is 27.0. The Morgan fingerprint density at radius 2 is 1.67 bits per heavy atom. The summed E-state index contributed by atoms with van der Waals surface area (Å²) in [5.41, 5.74) is 3.22. The number of sulfonamides is 1. The van der Waals surface area contributed by atoms with E-state index in [1.165, 1.54) is 4.31 Å². The monoisotopic (exact) mass is 445 g/mol. The van der Waals surface area contributed by atoms with Gasteiger partial charge in [-0.25, -0.2) is 8.42 Å². The van der Waals surface area contributed by atoms with Crippen molar-refractivity contribution in [3.63, 3.8) is 0 Å². The second-order valence-electron chi connectivity index (χ2n) is 7.09. The van der Waals surface area contributed by atoms with Gasteiger partial charge in [0.05, 0.1) is 11.3 Å². The maximum atomic E-state index is 12.8. The van der Waals surface area contributed by atoms with Crippen molar-refractivity contribution in [1.29, 1.82) is 0 Å². The highest BCUT2D eigenvalue weighted by atomic mass is 35.5. The predicted octanol–water partition coefficient (Wildman–Crippen LogP) is 5.13. The van der Waals surface area contributed by atoms with E-state index >= 15 is 0 Å². The van der Waals surface area contributed by atoms with Gasteiger partial charge in [0.25, 0.3) is 0 Å². The lowest BCUT2D eigenvalue weighted by molar-refractivity contribution is -0.136. The van der Waals surface area contributed by atoms with Crippen molar-refractivity contribution in [2.45, 2.75) is 32.1 Å². The Balaban J connectivity index is 2.20. The first-order chi connectivity index (χ1) is 14.2. The van der Waals surface area contributed by atoms with Gasteiger partial charge in [-0.3, -0.25) is 4.79 Å².